The Hall–Kier alpha value is -3.26. The number of aryl methyl sites for hydroxylation is 1. The summed E-state index contributed by atoms with van der Waals surface area (Å²) in [5, 5.41) is 4.20. The van der Waals surface area contributed by atoms with Gasteiger partial charge in [0, 0.05) is 28.2 Å². The number of fused-ring (bicyclic) bond motifs is 2. The number of nitrogens with one attached hydrogen (secondary N) is 1. The van der Waals surface area contributed by atoms with Gasteiger partial charge in [-0.2, -0.15) is 0 Å². The lowest BCUT2D eigenvalue weighted by Gasteiger charge is -2.08. The predicted octanol–water partition coefficient (Wildman–Crippen LogP) is 2.81. The Kier molecular flexibility index (Phi) is 3.48. The van der Waals surface area contributed by atoms with Gasteiger partial charge >= 0.3 is 0 Å². The Balaban J connectivity index is 1.73. The molecule has 1 atom stereocenters. The number of pyridine rings is 2. The molecule has 0 aromatic carbocycles. The first-order chi connectivity index (χ1) is 13.1. The number of thiophene rings is 1. The first-order valence-electron chi connectivity index (χ1n) is 8.54. The molecule has 0 saturated carbocycles. The summed E-state index contributed by atoms with van der Waals surface area (Å²) < 4.78 is 3.17. The second kappa shape index (κ2) is 5.88. The van der Waals surface area contributed by atoms with E-state index < -0.39 is 6.04 Å². The second-order valence-electron chi connectivity index (χ2n) is 6.53. The van der Waals surface area contributed by atoms with Crippen molar-refractivity contribution < 1.29 is 4.79 Å². The number of imidazole rings is 1. The van der Waals surface area contributed by atoms with Gasteiger partial charge in [0.2, 0.25) is 11.9 Å². The summed E-state index contributed by atoms with van der Waals surface area (Å²) in [7, 11) is 0. The van der Waals surface area contributed by atoms with Gasteiger partial charge in [-0.05, 0) is 31.2 Å². The van der Waals surface area contributed by atoms with Crippen LogP contribution in [0.25, 0.3) is 32.0 Å². The second-order valence-corrected chi connectivity index (χ2v) is 7.61. The number of hydrogen-bond acceptors (Lipinski definition) is 6. The van der Waals surface area contributed by atoms with Crippen LogP contribution in [0, 0.1) is 6.92 Å². The quantitative estimate of drug-likeness (QED) is 0.573. The van der Waals surface area contributed by atoms with Crippen molar-refractivity contribution in [2.24, 2.45) is 5.73 Å². The van der Waals surface area contributed by atoms with Crippen molar-refractivity contribution in [1.29, 1.82) is 0 Å². The minimum atomic E-state index is -0.457. The van der Waals surface area contributed by atoms with Crippen molar-refractivity contribution in [3.8, 4) is 22.0 Å². The smallest absolute Gasteiger partial charge is 0.241 e. The molecule has 5 rings (SSSR count). The number of rotatable bonds is 3. The molecule has 0 fully saturated rings. The van der Waals surface area contributed by atoms with Gasteiger partial charge in [0.15, 0.2) is 0 Å². The maximum atomic E-state index is 11.7. The fourth-order valence-electron chi connectivity index (χ4n) is 3.39. The number of primary amides is 1. The van der Waals surface area contributed by atoms with Crippen LogP contribution in [0.3, 0.4) is 0 Å². The Morgan fingerprint density at radius 1 is 1.33 bits per heavy atom. The minimum absolute atomic E-state index is 0.387. The molecule has 5 heterocycles. The molecule has 8 heteroatoms. The SMILES string of the molecule is Cc1cccc(-c2nc3n(c2-c2cc4cnccc4s2)CC(C(N)=O)N3)n1. The van der Waals surface area contributed by atoms with Crippen molar-refractivity contribution in [1.82, 2.24) is 19.5 Å². The van der Waals surface area contributed by atoms with E-state index in [4.69, 9.17) is 10.7 Å². The van der Waals surface area contributed by atoms with Gasteiger partial charge in [-0.1, -0.05) is 6.07 Å². The average molecular weight is 376 g/mol. The highest BCUT2D eigenvalue weighted by atomic mass is 32.1. The molecule has 134 valence electrons. The van der Waals surface area contributed by atoms with Gasteiger partial charge in [0.05, 0.1) is 22.8 Å². The van der Waals surface area contributed by atoms with Gasteiger partial charge in [0.25, 0.3) is 0 Å². The highest BCUT2D eigenvalue weighted by Gasteiger charge is 2.32. The zero-order valence-electron chi connectivity index (χ0n) is 14.5. The number of aromatic nitrogens is 4. The summed E-state index contributed by atoms with van der Waals surface area (Å²) in [6, 6.07) is 9.53. The molecule has 0 aliphatic carbocycles. The van der Waals surface area contributed by atoms with Crippen LogP contribution in [0.5, 0.6) is 0 Å². The molecule has 7 nitrogen and oxygen atoms in total. The van der Waals surface area contributed by atoms with Crippen LogP contribution in [0.1, 0.15) is 5.69 Å². The van der Waals surface area contributed by atoms with Crippen LogP contribution < -0.4 is 11.1 Å². The van der Waals surface area contributed by atoms with E-state index in [-0.39, 0.29) is 5.91 Å². The maximum absolute atomic E-state index is 11.7. The van der Waals surface area contributed by atoms with Crippen molar-refractivity contribution in [2.45, 2.75) is 19.5 Å². The number of nitrogens with zero attached hydrogens (tertiary/aromatic N) is 4. The Morgan fingerprint density at radius 3 is 3.00 bits per heavy atom. The standard InChI is InChI=1S/C19H16N6OS/c1-10-3-2-4-12(22-10)16-17(15-7-11-8-21-6-5-14(11)27-15)25-9-13(18(20)26)23-19(25)24-16/h2-8,13H,9H2,1H3,(H2,20,26)(H,23,24). The molecule has 4 aromatic heterocycles. The highest BCUT2D eigenvalue weighted by molar-refractivity contribution is 7.22. The number of hydrogen-bond donors (Lipinski definition) is 2. The minimum Gasteiger partial charge on any atom is -0.368 e. The molecule has 1 aliphatic rings. The summed E-state index contributed by atoms with van der Waals surface area (Å²) in [5.41, 5.74) is 8.97. The summed E-state index contributed by atoms with van der Waals surface area (Å²) in [6.45, 7) is 2.41. The third-order valence-electron chi connectivity index (χ3n) is 4.66. The van der Waals surface area contributed by atoms with E-state index >= 15 is 0 Å². The van der Waals surface area contributed by atoms with Gasteiger partial charge in [-0.15, -0.1) is 11.3 Å². The lowest BCUT2D eigenvalue weighted by molar-refractivity contribution is -0.118. The first-order valence-corrected chi connectivity index (χ1v) is 9.36. The molecule has 27 heavy (non-hydrogen) atoms. The lowest BCUT2D eigenvalue weighted by atomic mass is 10.1. The molecule has 0 spiro atoms. The third kappa shape index (κ3) is 2.57. The van der Waals surface area contributed by atoms with Gasteiger partial charge in [0.1, 0.15) is 11.7 Å². The van der Waals surface area contributed by atoms with E-state index in [2.05, 4.69) is 21.4 Å². The van der Waals surface area contributed by atoms with E-state index in [1.165, 1.54) is 0 Å². The van der Waals surface area contributed by atoms with E-state index in [1.54, 1.807) is 17.5 Å². The van der Waals surface area contributed by atoms with Crippen LogP contribution in [-0.2, 0) is 11.3 Å². The average Bonchev–Trinajstić information content (AvgIpc) is 3.33. The zero-order chi connectivity index (χ0) is 18.5. The largest absolute Gasteiger partial charge is 0.368 e. The zero-order valence-corrected chi connectivity index (χ0v) is 15.3. The molecule has 3 N–H and O–H groups in total. The van der Waals surface area contributed by atoms with E-state index in [9.17, 15) is 4.79 Å². The number of carbonyl (C=O) groups excluding carboxylic acids is 1. The Labute approximate surface area is 158 Å². The molecule has 0 bridgehead atoms. The summed E-state index contributed by atoms with van der Waals surface area (Å²) in [5.74, 6) is 0.255. The molecule has 4 aromatic rings. The fourth-order valence-corrected chi connectivity index (χ4v) is 4.48. The van der Waals surface area contributed by atoms with Gasteiger partial charge in [-0.25, -0.2) is 4.98 Å². The third-order valence-corrected chi connectivity index (χ3v) is 5.78. The summed E-state index contributed by atoms with van der Waals surface area (Å²) in [6.07, 6.45) is 3.64. The molecular formula is C19H16N6OS. The van der Waals surface area contributed by atoms with Gasteiger partial charge in [-0.3, -0.25) is 14.8 Å². The normalized spacial score (nSPS) is 15.7. The van der Waals surface area contributed by atoms with Crippen LogP contribution in [-0.4, -0.2) is 31.5 Å². The molecule has 1 unspecified atom stereocenters. The lowest BCUT2D eigenvalue weighted by Crippen LogP contribution is -2.34. The topological polar surface area (TPSA) is 98.7 Å². The van der Waals surface area contributed by atoms with Gasteiger partial charge < -0.3 is 15.6 Å². The van der Waals surface area contributed by atoms with Crippen molar-refractivity contribution >= 4 is 33.3 Å². The van der Waals surface area contributed by atoms with E-state index in [0.29, 0.717) is 12.5 Å². The van der Waals surface area contributed by atoms with E-state index in [1.807, 2.05) is 42.0 Å². The van der Waals surface area contributed by atoms with Crippen molar-refractivity contribution in [2.75, 3.05) is 5.32 Å². The van der Waals surface area contributed by atoms with Crippen LogP contribution in [0.2, 0.25) is 0 Å². The molecule has 0 saturated heterocycles. The summed E-state index contributed by atoms with van der Waals surface area (Å²) in [4.78, 5) is 26.3. The van der Waals surface area contributed by atoms with E-state index in [0.717, 1.165) is 37.7 Å². The molecular weight excluding hydrogens is 360 g/mol. The number of carbonyl (C=O) groups is 1. The van der Waals surface area contributed by atoms with Crippen LogP contribution >= 0.6 is 11.3 Å². The number of amides is 1. The molecule has 1 amide bonds. The van der Waals surface area contributed by atoms with Crippen LogP contribution in [0.15, 0.2) is 42.7 Å². The molecule has 1 aliphatic heterocycles. The fraction of sp³-hybridized carbons (Fsp3) is 0.158. The number of nitrogens with two attached hydrogens (primary N) is 1. The highest BCUT2D eigenvalue weighted by Crippen LogP contribution is 2.41. The van der Waals surface area contributed by atoms with Crippen molar-refractivity contribution in [3.05, 3.63) is 48.4 Å². The van der Waals surface area contributed by atoms with Crippen LogP contribution in [0.4, 0.5) is 5.95 Å². The van der Waals surface area contributed by atoms with Crippen molar-refractivity contribution in [3.63, 3.8) is 0 Å². The summed E-state index contributed by atoms with van der Waals surface area (Å²) >= 11 is 1.67. The Morgan fingerprint density at radius 2 is 2.22 bits per heavy atom. The molecule has 0 radical (unpaired) electrons. The predicted molar refractivity (Wildman–Crippen MR) is 105 cm³/mol. The number of anilines is 1. The Bertz CT molecular complexity index is 1160. The maximum Gasteiger partial charge on any atom is 0.241 e. The first kappa shape index (κ1) is 16.0. The monoisotopic (exact) mass is 376 g/mol.